The first-order valence-electron chi connectivity index (χ1n) is 14.4. The number of rotatable bonds is 15. The number of hydrogen-bond donors (Lipinski definition) is 2. The van der Waals surface area contributed by atoms with E-state index in [9.17, 15) is 14.3 Å². The van der Waals surface area contributed by atoms with Gasteiger partial charge in [0.05, 0.1) is 5.60 Å². The van der Waals surface area contributed by atoms with Crippen LogP contribution in [0.5, 0.6) is 11.5 Å². The van der Waals surface area contributed by atoms with Gasteiger partial charge in [0.25, 0.3) is 0 Å². The molecule has 0 unspecified atom stereocenters. The van der Waals surface area contributed by atoms with Gasteiger partial charge in [-0.05, 0) is 106 Å². The zero-order valence-electron chi connectivity index (χ0n) is 24.1. The van der Waals surface area contributed by atoms with E-state index >= 15 is 0 Å². The van der Waals surface area contributed by atoms with Crippen molar-refractivity contribution in [2.75, 3.05) is 40.4 Å². The molecular formula is C32H47FN2O4. The van der Waals surface area contributed by atoms with E-state index in [1.165, 1.54) is 12.1 Å². The number of aliphatic hydroxyl groups is 1. The van der Waals surface area contributed by atoms with Crippen LogP contribution in [0.15, 0.2) is 48.5 Å². The minimum Gasteiger partial charge on any atom is -0.457 e. The van der Waals surface area contributed by atoms with Crippen LogP contribution in [0.1, 0.15) is 64.4 Å². The maximum Gasteiger partial charge on any atom is 0.222 e. The van der Waals surface area contributed by atoms with Crippen molar-refractivity contribution in [1.82, 2.24) is 10.2 Å². The smallest absolute Gasteiger partial charge is 0.222 e. The van der Waals surface area contributed by atoms with Crippen LogP contribution < -0.4 is 10.1 Å². The van der Waals surface area contributed by atoms with Crippen LogP contribution in [0.2, 0.25) is 0 Å². The Labute approximate surface area is 233 Å². The van der Waals surface area contributed by atoms with Crippen molar-refractivity contribution < 1.29 is 23.8 Å². The van der Waals surface area contributed by atoms with Gasteiger partial charge in [-0.2, -0.15) is 0 Å². The lowest BCUT2D eigenvalue weighted by Gasteiger charge is -2.43. The Morgan fingerprint density at radius 1 is 1.18 bits per heavy atom. The lowest BCUT2D eigenvalue weighted by molar-refractivity contribution is -0.137. The Kier molecular flexibility index (Phi) is 12.2. The van der Waals surface area contributed by atoms with E-state index in [1.807, 2.05) is 36.2 Å². The fourth-order valence-electron chi connectivity index (χ4n) is 5.86. The Balaban J connectivity index is 1.80. The number of benzene rings is 2. The molecule has 1 amide bonds. The fraction of sp³-hybridized carbons (Fsp3) is 0.594. The summed E-state index contributed by atoms with van der Waals surface area (Å²) in [5.74, 6) is 1.72. The fourth-order valence-corrected chi connectivity index (χ4v) is 5.86. The second kappa shape index (κ2) is 15.3. The van der Waals surface area contributed by atoms with Crippen molar-refractivity contribution in [1.29, 1.82) is 0 Å². The Morgan fingerprint density at radius 3 is 2.64 bits per heavy atom. The molecule has 39 heavy (non-hydrogen) atoms. The molecule has 6 nitrogen and oxygen atoms in total. The molecule has 1 fully saturated rings. The number of carbonyl (C=O) groups is 1. The van der Waals surface area contributed by atoms with Gasteiger partial charge in [-0.15, -0.1) is 0 Å². The molecule has 1 heterocycles. The summed E-state index contributed by atoms with van der Waals surface area (Å²) in [5.41, 5.74) is -0.330. The topological polar surface area (TPSA) is 71.0 Å². The molecule has 0 spiro atoms. The lowest BCUT2D eigenvalue weighted by Crippen LogP contribution is -2.48. The molecule has 1 saturated heterocycles. The van der Waals surface area contributed by atoms with E-state index in [0.717, 1.165) is 50.8 Å². The van der Waals surface area contributed by atoms with Crippen LogP contribution in [0.3, 0.4) is 0 Å². The lowest BCUT2D eigenvalue weighted by atomic mass is 9.74. The zero-order valence-corrected chi connectivity index (χ0v) is 24.1. The first-order valence-corrected chi connectivity index (χ1v) is 14.4. The van der Waals surface area contributed by atoms with Gasteiger partial charge >= 0.3 is 0 Å². The third-order valence-electron chi connectivity index (χ3n) is 7.75. The summed E-state index contributed by atoms with van der Waals surface area (Å²) in [5, 5.41) is 15.6. The monoisotopic (exact) mass is 542 g/mol. The zero-order chi connectivity index (χ0) is 28.3. The molecule has 0 aromatic heterocycles. The van der Waals surface area contributed by atoms with Crippen LogP contribution in [0.4, 0.5) is 4.39 Å². The second-order valence-corrected chi connectivity index (χ2v) is 11.4. The van der Waals surface area contributed by atoms with E-state index in [2.05, 4.69) is 19.2 Å². The highest BCUT2D eigenvalue weighted by Crippen LogP contribution is 2.41. The number of methoxy groups -OCH3 is 1. The normalized spacial score (nSPS) is 18.1. The van der Waals surface area contributed by atoms with Gasteiger partial charge in [-0.3, -0.25) is 4.79 Å². The van der Waals surface area contributed by atoms with Gasteiger partial charge in [-0.1, -0.05) is 26.0 Å². The maximum absolute atomic E-state index is 13.4. The number of nitrogens with zero attached hydrogens (tertiary/aromatic N) is 1. The number of likely N-dealkylation sites (tertiary alicyclic amines) is 1. The number of halogens is 1. The predicted octanol–water partition coefficient (Wildman–Crippen LogP) is 6.13. The summed E-state index contributed by atoms with van der Waals surface area (Å²) in [6.45, 7) is 7.13. The number of hydrogen-bond acceptors (Lipinski definition) is 5. The van der Waals surface area contributed by atoms with E-state index in [-0.39, 0.29) is 17.6 Å². The molecule has 7 heteroatoms. The minimum atomic E-state index is -1.11. The number of piperidine rings is 1. The highest BCUT2D eigenvalue weighted by molar-refractivity contribution is 5.76. The average molecular weight is 543 g/mol. The van der Waals surface area contributed by atoms with Crippen LogP contribution in [0.25, 0.3) is 0 Å². The second-order valence-electron chi connectivity index (χ2n) is 11.4. The molecule has 0 radical (unpaired) electrons. The molecule has 0 bridgehead atoms. The van der Waals surface area contributed by atoms with E-state index in [1.54, 1.807) is 19.2 Å². The maximum atomic E-state index is 13.4. The summed E-state index contributed by atoms with van der Waals surface area (Å²) >= 11 is 0. The Bertz CT molecular complexity index is 1020. The first kappa shape index (κ1) is 31.1. The third kappa shape index (κ3) is 9.30. The van der Waals surface area contributed by atoms with E-state index < -0.39 is 5.60 Å². The summed E-state index contributed by atoms with van der Waals surface area (Å²) in [6.07, 6.45) is 5.46. The van der Waals surface area contributed by atoms with Crippen molar-refractivity contribution >= 4 is 5.91 Å². The predicted molar refractivity (Wildman–Crippen MR) is 153 cm³/mol. The number of unbranched alkanes of at least 4 members (excludes halogenated alkanes) is 1. The number of ether oxygens (including phenoxy) is 2. The number of nitrogens with one attached hydrogen (secondary N) is 1. The minimum absolute atomic E-state index is 0.0911. The Hall–Kier alpha value is -2.48. The third-order valence-corrected chi connectivity index (χ3v) is 7.75. The van der Waals surface area contributed by atoms with E-state index in [4.69, 9.17) is 9.47 Å². The van der Waals surface area contributed by atoms with Gasteiger partial charge in [0.2, 0.25) is 5.91 Å². The molecule has 1 aliphatic rings. The van der Waals surface area contributed by atoms with Crippen molar-refractivity contribution in [3.63, 3.8) is 0 Å². The van der Waals surface area contributed by atoms with Crippen LogP contribution >= 0.6 is 0 Å². The summed E-state index contributed by atoms with van der Waals surface area (Å²) in [7, 11) is 3.63. The van der Waals surface area contributed by atoms with Crippen molar-refractivity contribution in [3.05, 3.63) is 59.9 Å². The van der Waals surface area contributed by atoms with E-state index in [0.29, 0.717) is 49.3 Å². The van der Waals surface area contributed by atoms with Crippen molar-refractivity contribution in [2.24, 2.45) is 17.8 Å². The molecule has 0 saturated carbocycles. The average Bonchev–Trinajstić information content (AvgIpc) is 2.92. The van der Waals surface area contributed by atoms with Crippen molar-refractivity contribution in [3.8, 4) is 11.5 Å². The molecule has 3 rings (SSSR count). The van der Waals surface area contributed by atoms with Gasteiger partial charge in [0, 0.05) is 39.1 Å². The van der Waals surface area contributed by atoms with Crippen LogP contribution in [-0.2, 0) is 15.1 Å². The highest BCUT2D eigenvalue weighted by Gasteiger charge is 2.41. The summed E-state index contributed by atoms with van der Waals surface area (Å²) in [6, 6.07) is 13.4. The van der Waals surface area contributed by atoms with Gasteiger partial charge in [0.1, 0.15) is 17.3 Å². The van der Waals surface area contributed by atoms with Gasteiger partial charge < -0.3 is 24.8 Å². The SMILES string of the molecule is CNC[C@@H](CC(=O)N1CCC[C@@H]([C@@](O)(CCCCOC)c2cccc(Oc3ccc(F)cc3)c2)C1)CC(C)C. The van der Waals surface area contributed by atoms with Crippen LogP contribution in [-0.4, -0.2) is 56.3 Å². The first-order chi connectivity index (χ1) is 18.7. The quantitative estimate of drug-likeness (QED) is 0.265. The standard InChI is InChI=1S/C32H47FN2O4/c1-24(2)19-25(22-34-3)20-31(36)35-17-8-10-27(23-35)32(37,16-5-6-18-38-4)26-9-7-11-30(21-26)39-29-14-12-28(33)13-15-29/h7,9,11-15,21,24-25,27,34,37H,5-6,8,10,16-20,22-23H2,1-4H3/t25-,27-,32-/m1/s1. The Morgan fingerprint density at radius 2 is 1.95 bits per heavy atom. The summed E-state index contributed by atoms with van der Waals surface area (Å²) < 4.78 is 24.6. The summed E-state index contributed by atoms with van der Waals surface area (Å²) in [4.78, 5) is 15.4. The highest BCUT2D eigenvalue weighted by atomic mass is 19.1. The molecule has 0 aliphatic carbocycles. The number of amides is 1. The molecule has 3 atom stereocenters. The number of carbonyl (C=O) groups excluding carboxylic acids is 1. The van der Waals surface area contributed by atoms with Gasteiger partial charge in [-0.25, -0.2) is 4.39 Å². The van der Waals surface area contributed by atoms with Gasteiger partial charge in [0.15, 0.2) is 0 Å². The molecule has 216 valence electrons. The molecule has 1 aliphatic heterocycles. The molecule has 2 N–H and O–H groups in total. The van der Waals surface area contributed by atoms with Crippen LogP contribution in [0, 0.1) is 23.6 Å². The molecular weight excluding hydrogens is 495 g/mol. The molecule has 2 aromatic carbocycles. The largest absolute Gasteiger partial charge is 0.457 e. The van der Waals surface area contributed by atoms with Crippen molar-refractivity contribution in [2.45, 2.75) is 64.4 Å². The molecule has 2 aromatic rings.